The van der Waals surface area contributed by atoms with Crippen molar-refractivity contribution in [3.05, 3.63) is 23.7 Å². The summed E-state index contributed by atoms with van der Waals surface area (Å²) in [6.07, 6.45) is 0. The molecule has 2 aromatic rings. The summed E-state index contributed by atoms with van der Waals surface area (Å²) >= 11 is 6.87. The van der Waals surface area contributed by atoms with Gasteiger partial charge in [-0.3, -0.25) is 4.72 Å². The number of anilines is 1. The van der Waals surface area contributed by atoms with Gasteiger partial charge < -0.3 is 0 Å². The summed E-state index contributed by atoms with van der Waals surface area (Å²) in [5.74, 6) is -0.00653. The van der Waals surface area contributed by atoms with Crippen LogP contribution in [0.1, 0.15) is 0 Å². The monoisotopic (exact) mass is 276 g/mol. The number of fused-ring (bicyclic) bond motifs is 1. The second-order valence-corrected chi connectivity index (χ2v) is 6.25. The van der Waals surface area contributed by atoms with Crippen LogP contribution in [0.2, 0.25) is 0 Å². The SMILES string of the molecule is O=S(=O)(CCCl)Nc1ccc2ncsc2c1. The molecule has 0 saturated carbocycles. The Bertz CT molecular complexity index is 594. The molecule has 0 spiro atoms. The van der Waals surface area contributed by atoms with E-state index in [2.05, 4.69) is 9.71 Å². The molecule has 0 aliphatic rings. The van der Waals surface area contributed by atoms with Crippen molar-refractivity contribution in [2.75, 3.05) is 16.4 Å². The summed E-state index contributed by atoms with van der Waals surface area (Å²) in [5.41, 5.74) is 3.13. The molecule has 1 aromatic heterocycles. The highest BCUT2D eigenvalue weighted by Gasteiger charge is 2.09. The zero-order chi connectivity index (χ0) is 11.6. The molecule has 0 amide bonds. The average Bonchev–Trinajstić information content (AvgIpc) is 2.63. The average molecular weight is 277 g/mol. The van der Waals surface area contributed by atoms with Crippen molar-refractivity contribution in [1.29, 1.82) is 0 Å². The van der Waals surface area contributed by atoms with E-state index in [-0.39, 0.29) is 11.6 Å². The van der Waals surface area contributed by atoms with Crippen LogP contribution in [-0.4, -0.2) is 25.0 Å². The quantitative estimate of drug-likeness (QED) is 0.872. The van der Waals surface area contributed by atoms with Crippen molar-refractivity contribution < 1.29 is 8.42 Å². The standard InChI is InChI=1S/C9H9ClN2O2S2/c10-3-4-16(13,14)12-7-1-2-8-9(5-7)15-6-11-8/h1-2,5-6,12H,3-4H2. The van der Waals surface area contributed by atoms with E-state index < -0.39 is 10.0 Å². The van der Waals surface area contributed by atoms with E-state index in [1.807, 2.05) is 0 Å². The molecule has 16 heavy (non-hydrogen) atoms. The van der Waals surface area contributed by atoms with Gasteiger partial charge in [0.25, 0.3) is 0 Å². The minimum Gasteiger partial charge on any atom is -0.283 e. The summed E-state index contributed by atoms with van der Waals surface area (Å²) in [5, 5.41) is 0. The van der Waals surface area contributed by atoms with Gasteiger partial charge in [0.05, 0.1) is 27.2 Å². The van der Waals surface area contributed by atoms with E-state index >= 15 is 0 Å². The Hall–Kier alpha value is -0.850. The molecule has 0 atom stereocenters. The zero-order valence-electron chi connectivity index (χ0n) is 8.18. The number of hydrogen-bond donors (Lipinski definition) is 1. The molecular weight excluding hydrogens is 268 g/mol. The van der Waals surface area contributed by atoms with Crippen molar-refractivity contribution >= 4 is 48.9 Å². The van der Waals surface area contributed by atoms with E-state index in [1.165, 1.54) is 11.3 Å². The summed E-state index contributed by atoms with van der Waals surface area (Å²) in [6.45, 7) is 0. The first-order valence-corrected chi connectivity index (χ1v) is 7.57. The number of hydrogen-bond acceptors (Lipinski definition) is 4. The van der Waals surface area contributed by atoms with Gasteiger partial charge in [0.2, 0.25) is 10.0 Å². The number of nitrogens with one attached hydrogen (secondary N) is 1. The van der Waals surface area contributed by atoms with Crippen molar-refractivity contribution in [3.63, 3.8) is 0 Å². The highest BCUT2D eigenvalue weighted by Crippen LogP contribution is 2.22. The molecule has 86 valence electrons. The maximum Gasteiger partial charge on any atom is 0.233 e. The molecule has 0 bridgehead atoms. The fraction of sp³-hybridized carbons (Fsp3) is 0.222. The lowest BCUT2D eigenvalue weighted by atomic mass is 10.3. The Labute approximate surface area is 102 Å². The molecule has 1 aromatic carbocycles. The molecule has 0 radical (unpaired) electrons. The maximum atomic E-state index is 11.5. The number of sulfonamides is 1. The molecule has 0 aliphatic carbocycles. The van der Waals surface area contributed by atoms with Crippen LogP contribution in [0.15, 0.2) is 23.7 Å². The fourth-order valence-corrected chi connectivity index (χ4v) is 3.37. The highest BCUT2D eigenvalue weighted by molar-refractivity contribution is 7.92. The summed E-state index contributed by atoms with van der Waals surface area (Å²) in [6, 6.07) is 5.23. The second kappa shape index (κ2) is 4.57. The molecule has 2 rings (SSSR count). The topological polar surface area (TPSA) is 59.1 Å². The van der Waals surface area contributed by atoms with Crippen molar-refractivity contribution in [1.82, 2.24) is 4.98 Å². The number of rotatable bonds is 4. The molecule has 0 aliphatic heterocycles. The van der Waals surface area contributed by atoms with Crippen LogP contribution in [-0.2, 0) is 10.0 Å². The lowest BCUT2D eigenvalue weighted by Gasteiger charge is -2.05. The van der Waals surface area contributed by atoms with Crippen LogP contribution in [0.3, 0.4) is 0 Å². The van der Waals surface area contributed by atoms with Crippen molar-refractivity contribution in [3.8, 4) is 0 Å². The third kappa shape index (κ3) is 2.63. The van der Waals surface area contributed by atoms with Gasteiger partial charge in [-0.2, -0.15) is 0 Å². The molecular formula is C9H9ClN2O2S2. The van der Waals surface area contributed by atoms with Gasteiger partial charge in [0.1, 0.15) is 0 Å². The number of alkyl halides is 1. The first-order chi connectivity index (χ1) is 7.61. The third-order valence-electron chi connectivity index (χ3n) is 1.95. The van der Waals surface area contributed by atoms with Crippen LogP contribution in [0.4, 0.5) is 5.69 Å². The smallest absolute Gasteiger partial charge is 0.233 e. The predicted molar refractivity (Wildman–Crippen MR) is 67.7 cm³/mol. The number of aromatic nitrogens is 1. The van der Waals surface area contributed by atoms with E-state index in [9.17, 15) is 8.42 Å². The first kappa shape index (κ1) is 11.6. The zero-order valence-corrected chi connectivity index (χ0v) is 10.6. The molecule has 4 nitrogen and oxygen atoms in total. The summed E-state index contributed by atoms with van der Waals surface area (Å²) in [7, 11) is -3.33. The van der Waals surface area contributed by atoms with Gasteiger partial charge in [-0.15, -0.1) is 22.9 Å². The van der Waals surface area contributed by atoms with E-state index in [0.29, 0.717) is 5.69 Å². The Morgan fingerprint density at radius 2 is 2.25 bits per heavy atom. The molecule has 0 fully saturated rings. The largest absolute Gasteiger partial charge is 0.283 e. The van der Waals surface area contributed by atoms with Crippen LogP contribution in [0.25, 0.3) is 10.2 Å². The number of thiazole rings is 1. The van der Waals surface area contributed by atoms with Gasteiger partial charge in [0, 0.05) is 5.88 Å². The van der Waals surface area contributed by atoms with Crippen LogP contribution in [0.5, 0.6) is 0 Å². The van der Waals surface area contributed by atoms with E-state index in [4.69, 9.17) is 11.6 Å². The van der Waals surface area contributed by atoms with E-state index in [0.717, 1.165) is 10.2 Å². The minimum atomic E-state index is -3.33. The van der Waals surface area contributed by atoms with Gasteiger partial charge in [-0.05, 0) is 18.2 Å². The van der Waals surface area contributed by atoms with Crippen molar-refractivity contribution in [2.24, 2.45) is 0 Å². The van der Waals surface area contributed by atoms with Gasteiger partial charge in [-0.1, -0.05) is 0 Å². The minimum absolute atomic E-state index is 0.0815. The molecule has 1 N–H and O–H groups in total. The number of benzene rings is 1. The lowest BCUT2D eigenvalue weighted by molar-refractivity contribution is 0.602. The summed E-state index contributed by atoms with van der Waals surface area (Å²) < 4.78 is 26.4. The Morgan fingerprint density at radius 3 is 3.00 bits per heavy atom. The normalized spacial score (nSPS) is 11.8. The summed E-state index contributed by atoms with van der Waals surface area (Å²) in [4.78, 5) is 4.11. The molecule has 0 saturated heterocycles. The molecule has 0 unspecified atom stereocenters. The number of nitrogens with zero attached hydrogens (tertiary/aromatic N) is 1. The molecule has 7 heteroatoms. The molecule has 1 heterocycles. The Morgan fingerprint density at radius 1 is 1.44 bits per heavy atom. The van der Waals surface area contributed by atoms with Crippen LogP contribution < -0.4 is 4.72 Å². The predicted octanol–water partition coefficient (Wildman–Crippen LogP) is 2.28. The van der Waals surface area contributed by atoms with Gasteiger partial charge in [0.15, 0.2) is 0 Å². The lowest BCUT2D eigenvalue weighted by Crippen LogP contribution is -2.17. The second-order valence-electron chi connectivity index (χ2n) is 3.14. The third-order valence-corrected chi connectivity index (χ3v) is 4.44. The number of halogens is 1. The van der Waals surface area contributed by atoms with Crippen molar-refractivity contribution in [2.45, 2.75) is 0 Å². The maximum absolute atomic E-state index is 11.5. The van der Waals surface area contributed by atoms with E-state index in [1.54, 1.807) is 23.7 Å². The Balaban J connectivity index is 2.27. The van der Waals surface area contributed by atoms with Crippen LogP contribution >= 0.6 is 22.9 Å². The van der Waals surface area contributed by atoms with Gasteiger partial charge in [-0.25, -0.2) is 13.4 Å². The fourth-order valence-electron chi connectivity index (χ4n) is 1.25. The van der Waals surface area contributed by atoms with Gasteiger partial charge >= 0.3 is 0 Å². The highest BCUT2D eigenvalue weighted by atomic mass is 35.5. The van der Waals surface area contributed by atoms with Crippen LogP contribution in [0, 0.1) is 0 Å². The Kier molecular flexibility index (Phi) is 3.32. The first-order valence-electron chi connectivity index (χ1n) is 4.50.